The van der Waals surface area contributed by atoms with Crippen LogP contribution in [0.5, 0.6) is 5.75 Å². The number of aromatic amines is 1. The number of ether oxygens (including phenoxy) is 1. The van der Waals surface area contributed by atoms with Crippen molar-refractivity contribution in [3.8, 4) is 5.75 Å². The van der Waals surface area contributed by atoms with E-state index in [1.54, 1.807) is 13.2 Å². The van der Waals surface area contributed by atoms with Crippen LogP contribution in [0.2, 0.25) is 0 Å². The number of fused-ring (bicyclic) bond motifs is 2. The second-order valence-corrected chi connectivity index (χ2v) is 8.16. The fraction of sp³-hybridized carbons (Fsp3) is 0.333. The van der Waals surface area contributed by atoms with Crippen LogP contribution < -0.4 is 15.5 Å². The topological polar surface area (TPSA) is 74.4 Å². The van der Waals surface area contributed by atoms with Gasteiger partial charge in [0.05, 0.1) is 19.2 Å². The van der Waals surface area contributed by atoms with Crippen molar-refractivity contribution >= 4 is 22.5 Å². The summed E-state index contributed by atoms with van der Waals surface area (Å²) in [6.07, 6.45) is 0.711. The molecule has 0 saturated heterocycles. The molecule has 0 atom stereocenters. The van der Waals surface area contributed by atoms with Crippen molar-refractivity contribution in [1.29, 1.82) is 0 Å². The molecule has 0 aliphatic carbocycles. The molecule has 4 rings (SSSR count). The Morgan fingerprint density at radius 3 is 2.57 bits per heavy atom. The number of carbonyl (C=O) groups excluding carboxylic acids is 1. The molecule has 6 nitrogen and oxygen atoms in total. The fourth-order valence-electron chi connectivity index (χ4n) is 4.28. The average molecular weight is 405 g/mol. The smallest absolute Gasteiger partial charge is 0.238 e. The Morgan fingerprint density at radius 2 is 1.87 bits per heavy atom. The van der Waals surface area contributed by atoms with Gasteiger partial charge in [-0.2, -0.15) is 0 Å². The Morgan fingerprint density at radius 1 is 1.13 bits per heavy atom. The minimum Gasteiger partial charge on any atom is -0.497 e. The Kier molecular flexibility index (Phi) is 5.35. The predicted molar refractivity (Wildman–Crippen MR) is 119 cm³/mol. The van der Waals surface area contributed by atoms with Crippen LogP contribution in [0.15, 0.2) is 35.1 Å². The van der Waals surface area contributed by atoms with Gasteiger partial charge in [0.25, 0.3) is 0 Å². The number of H-pyrrole nitrogens is 1. The lowest BCUT2D eigenvalue weighted by Gasteiger charge is -2.28. The monoisotopic (exact) mass is 405 g/mol. The molecule has 2 N–H and O–H groups in total. The Bertz CT molecular complexity index is 1180. The number of carbonyl (C=O) groups is 1. The minimum atomic E-state index is -0.0711. The highest BCUT2D eigenvalue weighted by atomic mass is 16.5. The third-order valence-corrected chi connectivity index (χ3v) is 5.64. The number of hydrogen-bond acceptors (Lipinski definition) is 4. The number of aromatic nitrogens is 1. The number of amides is 1. The quantitative estimate of drug-likeness (QED) is 0.697. The Labute approximate surface area is 175 Å². The van der Waals surface area contributed by atoms with Gasteiger partial charge in [0.15, 0.2) is 5.43 Å². The summed E-state index contributed by atoms with van der Waals surface area (Å²) in [5.74, 6) is 0.601. The number of nitrogens with zero attached hydrogens (tertiary/aromatic N) is 1. The molecule has 0 fully saturated rings. The maximum atomic E-state index is 13.2. The number of nitrogens with one attached hydrogen (secondary N) is 2. The SMILES string of the molecule is COc1cc(C)c2[nH]c3c(c(=O)c2c1)CN(CC(=O)Nc1cc(C)cc(C)c1)CC3. The number of rotatable bonds is 4. The zero-order valence-electron chi connectivity index (χ0n) is 17.9. The Balaban J connectivity index is 1.55. The summed E-state index contributed by atoms with van der Waals surface area (Å²) < 4.78 is 5.33. The van der Waals surface area contributed by atoms with Crippen LogP contribution in [0.25, 0.3) is 10.9 Å². The molecule has 0 radical (unpaired) electrons. The van der Waals surface area contributed by atoms with Crippen LogP contribution in [-0.4, -0.2) is 36.0 Å². The van der Waals surface area contributed by atoms with Gasteiger partial charge in [0.1, 0.15) is 5.75 Å². The molecular weight excluding hydrogens is 378 g/mol. The van der Waals surface area contributed by atoms with Gasteiger partial charge >= 0.3 is 0 Å². The number of pyridine rings is 1. The zero-order chi connectivity index (χ0) is 21.4. The van der Waals surface area contributed by atoms with E-state index in [0.717, 1.165) is 45.7 Å². The van der Waals surface area contributed by atoms with Gasteiger partial charge in [0.2, 0.25) is 5.91 Å². The van der Waals surface area contributed by atoms with Crippen LogP contribution in [-0.2, 0) is 17.8 Å². The molecular formula is C24H27N3O3. The Hall–Kier alpha value is -3.12. The lowest BCUT2D eigenvalue weighted by atomic mass is 10.0. The molecule has 1 aliphatic rings. The lowest BCUT2D eigenvalue weighted by Crippen LogP contribution is -2.39. The van der Waals surface area contributed by atoms with E-state index in [9.17, 15) is 9.59 Å². The summed E-state index contributed by atoms with van der Waals surface area (Å²) in [6.45, 7) is 7.43. The summed E-state index contributed by atoms with van der Waals surface area (Å²) in [5.41, 5.74) is 6.59. The number of aryl methyl sites for hydroxylation is 3. The van der Waals surface area contributed by atoms with Crippen LogP contribution in [0, 0.1) is 20.8 Å². The van der Waals surface area contributed by atoms with E-state index < -0.39 is 0 Å². The molecule has 6 heteroatoms. The highest BCUT2D eigenvalue weighted by Gasteiger charge is 2.23. The second kappa shape index (κ2) is 7.95. The van der Waals surface area contributed by atoms with Crippen LogP contribution in [0.3, 0.4) is 0 Å². The average Bonchev–Trinajstić information content (AvgIpc) is 2.68. The summed E-state index contributed by atoms with van der Waals surface area (Å²) in [6, 6.07) is 9.71. The maximum Gasteiger partial charge on any atom is 0.238 e. The first-order valence-corrected chi connectivity index (χ1v) is 10.2. The third kappa shape index (κ3) is 3.96. The second-order valence-electron chi connectivity index (χ2n) is 8.16. The molecule has 0 unspecified atom stereocenters. The normalized spacial score (nSPS) is 13.9. The highest BCUT2D eigenvalue weighted by molar-refractivity contribution is 5.92. The van der Waals surface area contributed by atoms with Gasteiger partial charge in [-0.1, -0.05) is 6.07 Å². The van der Waals surface area contributed by atoms with Crippen LogP contribution >= 0.6 is 0 Å². The maximum absolute atomic E-state index is 13.2. The van der Waals surface area contributed by atoms with E-state index in [1.165, 1.54) is 0 Å². The molecule has 30 heavy (non-hydrogen) atoms. The molecule has 1 amide bonds. The van der Waals surface area contributed by atoms with E-state index in [2.05, 4.69) is 16.4 Å². The zero-order valence-corrected chi connectivity index (χ0v) is 17.9. The van der Waals surface area contributed by atoms with Crippen molar-refractivity contribution in [1.82, 2.24) is 9.88 Å². The molecule has 3 aromatic rings. The van der Waals surface area contributed by atoms with E-state index >= 15 is 0 Å². The van der Waals surface area contributed by atoms with E-state index in [4.69, 9.17) is 4.74 Å². The van der Waals surface area contributed by atoms with Crippen molar-refractivity contribution in [2.45, 2.75) is 33.7 Å². The van der Waals surface area contributed by atoms with Gasteiger partial charge in [-0.25, -0.2) is 0 Å². The molecule has 1 aliphatic heterocycles. The molecule has 0 spiro atoms. The molecule has 156 valence electrons. The van der Waals surface area contributed by atoms with Gasteiger partial charge in [0, 0.05) is 41.8 Å². The summed E-state index contributed by atoms with van der Waals surface area (Å²) in [5, 5.41) is 3.61. The first kappa shape index (κ1) is 20.2. The largest absolute Gasteiger partial charge is 0.497 e. The lowest BCUT2D eigenvalue weighted by molar-refractivity contribution is -0.117. The van der Waals surface area contributed by atoms with Gasteiger partial charge in [-0.15, -0.1) is 0 Å². The summed E-state index contributed by atoms with van der Waals surface area (Å²) in [4.78, 5) is 31.2. The van der Waals surface area contributed by atoms with Crippen LogP contribution in [0.1, 0.15) is 27.9 Å². The standard InChI is InChI=1S/C24H27N3O3/c1-14-7-15(2)9-17(8-14)25-22(28)13-27-6-5-21-20(12-27)24(29)19-11-18(30-4)10-16(3)23(19)26-21/h7-11H,5-6,12-13H2,1-4H3,(H,25,28)(H,26,29). The van der Waals surface area contributed by atoms with Crippen molar-refractivity contribution in [2.75, 3.05) is 25.5 Å². The molecule has 0 bridgehead atoms. The summed E-state index contributed by atoms with van der Waals surface area (Å²) in [7, 11) is 1.60. The number of methoxy groups -OCH3 is 1. The highest BCUT2D eigenvalue weighted by Crippen LogP contribution is 2.25. The minimum absolute atomic E-state index is 0.0140. The first-order valence-electron chi connectivity index (χ1n) is 10.2. The number of benzene rings is 2. The van der Waals surface area contributed by atoms with Gasteiger partial charge in [-0.05, 0) is 61.7 Å². The number of anilines is 1. The van der Waals surface area contributed by atoms with Crippen LogP contribution in [0.4, 0.5) is 5.69 Å². The van der Waals surface area contributed by atoms with E-state index in [-0.39, 0.29) is 17.9 Å². The number of hydrogen-bond donors (Lipinski definition) is 2. The van der Waals surface area contributed by atoms with Gasteiger partial charge < -0.3 is 15.0 Å². The molecule has 2 heterocycles. The van der Waals surface area contributed by atoms with Crippen molar-refractivity contribution in [2.24, 2.45) is 0 Å². The van der Waals surface area contributed by atoms with E-state index in [0.29, 0.717) is 24.1 Å². The third-order valence-electron chi connectivity index (χ3n) is 5.64. The first-order chi connectivity index (χ1) is 14.3. The predicted octanol–water partition coefficient (Wildman–Crippen LogP) is 3.46. The van der Waals surface area contributed by atoms with Crippen molar-refractivity contribution < 1.29 is 9.53 Å². The van der Waals surface area contributed by atoms with Crippen molar-refractivity contribution in [3.05, 3.63) is 68.5 Å². The molecule has 0 saturated carbocycles. The van der Waals surface area contributed by atoms with Gasteiger partial charge in [-0.3, -0.25) is 14.5 Å². The van der Waals surface area contributed by atoms with Crippen molar-refractivity contribution in [3.63, 3.8) is 0 Å². The fourth-order valence-corrected chi connectivity index (χ4v) is 4.28. The molecule has 2 aromatic carbocycles. The summed E-state index contributed by atoms with van der Waals surface area (Å²) >= 11 is 0. The molecule has 1 aromatic heterocycles. The van der Waals surface area contributed by atoms with E-state index in [1.807, 2.05) is 43.9 Å².